The lowest BCUT2D eigenvalue weighted by Crippen LogP contribution is -2.48. The summed E-state index contributed by atoms with van der Waals surface area (Å²) in [5.74, 6) is 0.576. The number of thioether (sulfide) groups is 1. The van der Waals surface area contributed by atoms with Crippen LogP contribution in [-0.2, 0) is 20.8 Å². The molecule has 11 heteroatoms. The number of aromatic nitrogens is 1. The van der Waals surface area contributed by atoms with Crippen molar-refractivity contribution in [3.8, 4) is 0 Å². The molecule has 1 fully saturated rings. The summed E-state index contributed by atoms with van der Waals surface area (Å²) in [7, 11) is 2.09. The van der Waals surface area contributed by atoms with Gasteiger partial charge in [0.05, 0.1) is 5.69 Å². The van der Waals surface area contributed by atoms with Crippen molar-refractivity contribution in [1.29, 1.82) is 0 Å². The van der Waals surface area contributed by atoms with Crippen LogP contribution in [0.5, 0.6) is 0 Å². The molecule has 2 amide bonds. The number of hydrogen-bond donors (Lipinski definition) is 1. The normalized spacial score (nSPS) is 16.4. The summed E-state index contributed by atoms with van der Waals surface area (Å²) in [4.78, 5) is 51.8. The van der Waals surface area contributed by atoms with Gasteiger partial charge in [-0.2, -0.15) is 0 Å². The number of hydrogen-bond acceptors (Lipinski definition) is 8. The van der Waals surface area contributed by atoms with Gasteiger partial charge in [0, 0.05) is 73.3 Å². The first-order chi connectivity index (χ1) is 20.6. The molecule has 9 nitrogen and oxygen atoms in total. The van der Waals surface area contributed by atoms with Gasteiger partial charge in [-0.25, -0.2) is 4.98 Å². The fourth-order valence-corrected chi connectivity index (χ4v) is 6.66. The van der Waals surface area contributed by atoms with Crippen molar-refractivity contribution in [2.45, 2.75) is 45.4 Å². The second-order valence-electron chi connectivity index (χ2n) is 11.3. The topological polar surface area (TPSA) is 89.1 Å². The number of amides is 2. The molecule has 1 aromatic heterocycles. The molecule has 0 saturated carbocycles. The van der Waals surface area contributed by atoms with Crippen LogP contribution < -0.4 is 10.2 Å². The minimum absolute atomic E-state index is 0.138. The van der Waals surface area contributed by atoms with E-state index in [0.29, 0.717) is 28.3 Å². The SMILES string of the molecule is CC(C)C(=O)N1CCN(C)CC1.CCCN(CC)CCNC(=O)C1=C2Sc3ccc(Cl)cc3N2c2ncccc2CC1=O. The van der Waals surface area contributed by atoms with Crippen LogP contribution in [0.25, 0.3) is 0 Å². The lowest BCUT2D eigenvalue weighted by atomic mass is 10.1. The van der Waals surface area contributed by atoms with E-state index in [2.05, 4.69) is 41.0 Å². The number of rotatable bonds is 8. The van der Waals surface area contributed by atoms with E-state index in [1.54, 1.807) is 6.20 Å². The number of halogens is 1. The van der Waals surface area contributed by atoms with E-state index < -0.39 is 0 Å². The summed E-state index contributed by atoms with van der Waals surface area (Å²) in [6.07, 6.45) is 2.90. The lowest BCUT2D eigenvalue weighted by Gasteiger charge is -2.33. The Hall–Kier alpha value is -2.92. The van der Waals surface area contributed by atoms with E-state index in [1.807, 2.05) is 54.0 Å². The first-order valence-electron chi connectivity index (χ1n) is 15.1. The standard InChI is InChI=1S/C23H25ClN4O2S.C9H18N2O/c1-3-11-27(4-2)12-10-26-22(30)20-18(29)13-15-6-5-9-25-21(15)28-17-14-16(24)7-8-19(17)31-23(20)28;1-8(2)9(12)11-6-4-10(3)5-7-11/h5-9,14H,3-4,10-13H2,1-2H3,(H,26,30);8H,4-7H2,1-3H3. The van der Waals surface area contributed by atoms with E-state index >= 15 is 0 Å². The third-order valence-corrected chi connectivity index (χ3v) is 9.11. The molecule has 1 N–H and O–H groups in total. The first kappa shape index (κ1) is 33.0. The molecule has 1 saturated heterocycles. The maximum atomic E-state index is 13.2. The van der Waals surface area contributed by atoms with Crippen LogP contribution in [0.1, 0.15) is 39.7 Å². The molecule has 3 aliphatic rings. The van der Waals surface area contributed by atoms with Gasteiger partial charge in [-0.05, 0) is 50.8 Å². The molecule has 43 heavy (non-hydrogen) atoms. The second kappa shape index (κ2) is 15.2. The Morgan fingerprint density at radius 3 is 2.53 bits per heavy atom. The number of likely N-dealkylation sites (N-methyl/N-ethyl adjacent to an activating group) is 2. The van der Waals surface area contributed by atoms with Gasteiger partial charge in [0.15, 0.2) is 5.78 Å². The molecule has 0 bridgehead atoms. The van der Waals surface area contributed by atoms with E-state index in [4.69, 9.17) is 11.6 Å². The van der Waals surface area contributed by atoms with E-state index in [0.717, 1.165) is 68.4 Å². The van der Waals surface area contributed by atoms with Crippen LogP contribution >= 0.6 is 23.4 Å². The Morgan fingerprint density at radius 1 is 1.12 bits per heavy atom. The maximum absolute atomic E-state index is 13.2. The zero-order chi connectivity index (χ0) is 31.1. The predicted octanol–water partition coefficient (Wildman–Crippen LogP) is 4.58. The quantitative estimate of drug-likeness (QED) is 0.426. The van der Waals surface area contributed by atoms with Crippen molar-refractivity contribution in [2.24, 2.45) is 5.92 Å². The number of nitrogens with zero attached hydrogens (tertiary/aromatic N) is 5. The number of anilines is 2. The Labute approximate surface area is 264 Å². The molecule has 3 aliphatic heterocycles. The lowest BCUT2D eigenvalue weighted by molar-refractivity contribution is -0.136. The van der Waals surface area contributed by atoms with Crippen molar-refractivity contribution in [3.63, 3.8) is 0 Å². The van der Waals surface area contributed by atoms with Crippen molar-refractivity contribution < 1.29 is 14.4 Å². The van der Waals surface area contributed by atoms with Crippen molar-refractivity contribution in [3.05, 3.63) is 57.7 Å². The van der Waals surface area contributed by atoms with Crippen molar-refractivity contribution >= 4 is 52.5 Å². The van der Waals surface area contributed by atoms with Gasteiger partial charge >= 0.3 is 0 Å². The summed E-state index contributed by atoms with van der Waals surface area (Å²) in [5, 5.41) is 4.15. The number of piperazine rings is 1. The van der Waals surface area contributed by atoms with Gasteiger partial charge in [0.1, 0.15) is 16.4 Å². The summed E-state index contributed by atoms with van der Waals surface area (Å²) in [5.41, 5.74) is 1.82. The van der Waals surface area contributed by atoms with Crippen LogP contribution in [0.2, 0.25) is 5.02 Å². The highest BCUT2D eigenvalue weighted by atomic mass is 35.5. The molecule has 0 radical (unpaired) electrons. The van der Waals surface area contributed by atoms with E-state index in [1.165, 1.54) is 11.8 Å². The van der Waals surface area contributed by atoms with Crippen LogP contribution in [0, 0.1) is 5.92 Å². The smallest absolute Gasteiger partial charge is 0.257 e. The number of carbonyl (C=O) groups is 3. The molecular formula is C32H43ClN6O3S. The first-order valence-corrected chi connectivity index (χ1v) is 16.3. The molecule has 0 spiro atoms. The summed E-state index contributed by atoms with van der Waals surface area (Å²) in [6, 6.07) is 9.27. The Kier molecular flexibility index (Phi) is 11.7. The van der Waals surface area contributed by atoms with Gasteiger partial charge in [-0.3, -0.25) is 19.3 Å². The zero-order valence-corrected chi connectivity index (χ0v) is 27.4. The number of fused-ring (bicyclic) bond motifs is 5. The molecule has 2 aromatic rings. The van der Waals surface area contributed by atoms with Gasteiger partial charge < -0.3 is 20.0 Å². The highest BCUT2D eigenvalue weighted by molar-refractivity contribution is 8.03. The minimum atomic E-state index is -0.336. The van der Waals surface area contributed by atoms with Crippen LogP contribution in [0.15, 0.2) is 52.0 Å². The van der Waals surface area contributed by atoms with Crippen LogP contribution in [-0.4, -0.2) is 96.7 Å². The number of pyridine rings is 1. The monoisotopic (exact) mass is 626 g/mol. The average Bonchev–Trinajstić information content (AvgIpc) is 3.28. The molecule has 5 rings (SSSR count). The number of ketones is 1. The zero-order valence-electron chi connectivity index (χ0n) is 25.9. The summed E-state index contributed by atoms with van der Waals surface area (Å²) in [6.45, 7) is 15.1. The summed E-state index contributed by atoms with van der Waals surface area (Å²) < 4.78 is 0. The second-order valence-corrected chi connectivity index (χ2v) is 12.8. The minimum Gasteiger partial charge on any atom is -0.351 e. The Morgan fingerprint density at radius 2 is 1.86 bits per heavy atom. The maximum Gasteiger partial charge on any atom is 0.257 e. The number of Topliss-reactive ketones (excluding diaryl/α,β-unsaturated/α-hetero) is 1. The fraction of sp³-hybridized carbons (Fsp3) is 0.500. The summed E-state index contributed by atoms with van der Waals surface area (Å²) >= 11 is 7.68. The fourth-order valence-electron chi connectivity index (χ4n) is 5.31. The van der Waals surface area contributed by atoms with Crippen molar-refractivity contribution in [1.82, 2.24) is 25.0 Å². The molecular weight excluding hydrogens is 584 g/mol. The van der Waals surface area contributed by atoms with Crippen LogP contribution in [0.4, 0.5) is 11.5 Å². The third-order valence-electron chi connectivity index (χ3n) is 7.73. The Balaban J connectivity index is 0.000000296. The van der Waals surface area contributed by atoms with Gasteiger partial charge in [0.25, 0.3) is 5.91 Å². The van der Waals surface area contributed by atoms with Gasteiger partial charge in [0.2, 0.25) is 5.91 Å². The molecule has 0 atom stereocenters. The molecule has 0 aliphatic carbocycles. The highest BCUT2D eigenvalue weighted by Gasteiger charge is 2.38. The molecule has 4 heterocycles. The van der Waals surface area contributed by atoms with E-state index in [-0.39, 0.29) is 29.6 Å². The third kappa shape index (κ3) is 7.98. The largest absolute Gasteiger partial charge is 0.351 e. The number of benzene rings is 1. The van der Waals surface area contributed by atoms with Gasteiger partial charge in [-0.1, -0.05) is 57.1 Å². The Bertz CT molecular complexity index is 1360. The molecule has 1 aromatic carbocycles. The predicted molar refractivity (Wildman–Crippen MR) is 174 cm³/mol. The number of nitrogens with one attached hydrogen (secondary N) is 1. The highest BCUT2D eigenvalue weighted by Crippen LogP contribution is 2.53. The molecule has 232 valence electrons. The van der Waals surface area contributed by atoms with Crippen molar-refractivity contribution in [2.75, 3.05) is 64.3 Å². The number of carbonyl (C=O) groups excluding carboxylic acids is 3. The molecule has 0 unspecified atom stereocenters. The van der Waals surface area contributed by atoms with E-state index in [9.17, 15) is 14.4 Å². The average molecular weight is 627 g/mol. The van der Waals surface area contributed by atoms with Gasteiger partial charge in [-0.15, -0.1) is 0 Å². The van der Waals surface area contributed by atoms with Crippen LogP contribution in [0.3, 0.4) is 0 Å².